The summed E-state index contributed by atoms with van der Waals surface area (Å²) < 4.78 is 11.0. The number of ether oxygens (including phenoxy) is 2. The summed E-state index contributed by atoms with van der Waals surface area (Å²) in [5.41, 5.74) is 1.11. The summed E-state index contributed by atoms with van der Waals surface area (Å²) in [6.45, 7) is 5.80. The molecule has 34 heavy (non-hydrogen) atoms. The zero-order chi connectivity index (χ0) is 24.7. The second kappa shape index (κ2) is 10.8. The molecule has 180 valence electrons. The number of carbonyl (C=O) groups is 4. The number of hydroxylamine groups is 2. The van der Waals surface area contributed by atoms with E-state index in [1.54, 1.807) is 36.4 Å². The maximum atomic E-state index is 12.8. The van der Waals surface area contributed by atoms with Crippen LogP contribution in [0.4, 0.5) is 4.79 Å². The van der Waals surface area contributed by atoms with Crippen LogP contribution in [0.25, 0.3) is 0 Å². The molecule has 1 atom stereocenters. The van der Waals surface area contributed by atoms with Crippen molar-refractivity contribution in [3.05, 3.63) is 65.7 Å². The number of alkyl carbamates (subject to hydrolysis) is 1. The largest absolute Gasteiger partial charge is 0.488 e. The molecular formula is C25H28N2O7. The highest BCUT2D eigenvalue weighted by Gasteiger charge is 2.35. The summed E-state index contributed by atoms with van der Waals surface area (Å²) in [7, 11) is 0. The molecule has 1 N–H and O–H groups in total. The average Bonchev–Trinajstić information content (AvgIpc) is 3.10. The third kappa shape index (κ3) is 7.33. The van der Waals surface area contributed by atoms with Gasteiger partial charge in [-0.15, -0.1) is 5.06 Å². The zero-order valence-electron chi connectivity index (χ0n) is 19.4. The van der Waals surface area contributed by atoms with E-state index in [-0.39, 0.29) is 31.5 Å². The van der Waals surface area contributed by atoms with Gasteiger partial charge >= 0.3 is 12.1 Å². The van der Waals surface area contributed by atoms with Gasteiger partial charge in [-0.3, -0.25) is 9.59 Å². The van der Waals surface area contributed by atoms with Gasteiger partial charge in [-0.2, -0.15) is 0 Å². The molecule has 2 aromatic rings. The van der Waals surface area contributed by atoms with E-state index in [2.05, 4.69) is 5.32 Å². The first kappa shape index (κ1) is 24.8. The van der Waals surface area contributed by atoms with Crippen molar-refractivity contribution in [3.63, 3.8) is 0 Å². The quantitative estimate of drug-likeness (QED) is 0.592. The molecule has 3 amide bonds. The Morgan fingerprint density at radius 1 is 0.941 bits per heavy atom. The second-order valence-corrected chi connectivity index (χ2v) is 8.81. The molecule has 9 heteroatoms. The van der Waals surface area contributed by atoms with Crippen molar-refractivity contribution < 1.29 is 33.5 Å². The summed E-state index contributed by atoms with van der Waals surface area (Å²) >= 11 is 0. The molecule has 0 spiro atoms. The Morgan fingerprint density at radius 2 is 1.56 bits per heavy atom. The third-order valence-corrected chi connectivity index (χ3v) is 4.76. The molecule has 0 radical (unpaired) electrons. The lowest BCUT2D eigenvalue weighted by molar-refractivity contribution is -0.198. The lowest BCUT2D eigenvalue weighted by Gasteiger charge is -2.22. The van der Waals surface area contributed by atoms with Gasteiger partial charge in [0.2, 0.25) is 0 Å². The number of benzene rings is 2. The third-order valence-electron chi connectivity index (χ3n) is 4.76. The van der Waals surface area contributed by atoms with Crippen molar-refractivity contribution in [2.24, 2.45) is 0 Å². The summed E-state index contributed by atoms with van der Waals surface area (Å²) in [6.07, 6.45) is -0.847. The van der Waals surface area contributed by atoms with Gasteiger partial charge in [-0.05, 0) is 44.0 Å². The Bertz CT molecular complexity index is 1010. The number of hydrogen-bond acceptors (Lipinski definition) is 7. The SMILES string of the molecule is CC(C)(C)Oc1ccc(CC(NC(=O)OCc2ccccc2)C(=O)ON2C(=O)CCC2=O)cc1. The van der Waals surface area contributed by atoms with Crippen molar-refractivity contribution in [2.45, 2.75) is 58.3 Å². The van der Waals surface area contributed by atoms with Crippen LogP contribution in [0.1, 0.15) is 44.7 Å². The minimum absolute atomic E-state index is 0.0103. The predicted octanol–water partition coefficient (Wildman–Crippen LogP) is 3.31. The van der Waals surface area contributed by atoms with Crippen molar-refractivity contribution in [1.82, 2.24) is 10.4 Å². The number of amides is 3. The molecule has 2 aromatic carbocycles. The van der Waals surface area contributed by atoms with Gasteiger partial charge in [0.15, 0.2) is 0 Å². The normalized spacial score (nSPS) is 14.5. The van der Waals surface area contributed by atoms with Crippen LogP contribution in [0.2, 0.25) is 0 Å². The van der Waals surface area contributed by atoms with Crippen LogP contribution < -0.4 is 10.1 Å². The smallest absolute Gasteiger partial charge is 0.408 e. The van der Waals surface area contributed by atoms with E-state index in [9.17, 15) is 19.2 Å². The van der Waals surface area contributed by atoms with Crippen LogP contribution in [0.3, 0.4) is 0 Å². The fourth-order valence-electron chi connectivity index (χ4n) is 3.19. The van der Waals surface area contributed by atoms with E-state index in [4.69, 9.17) is 14.3 Å². The van der Waals surface area contributed by atoms with Gasteiger partial charge in [0.1, 0.15) is 24.0 Å². The minimum atomic E-state index is -1.20. The van der Waals surface area contributed by atoms with Crippen LogP contribution in [-0.4, -0.2) is 40.6 Å². The first-order valence-corrected chi connectivity index (χ1v) is 10.9. The summed E-state index contributed by atoms with van der Waals surface area (Å²) in [4.78, 5) is 53.9. The van der Waals surface area contributed by atoms with E-state index in [1.165, 1.54) is 0 Å². The number of carbonyl (C=O) groups excluding carboxylic acids is 4. The number of nitrogens with one attached hydrogen (secondary N) is 1. The van der Waals surface area contributed by atoms with Crippen LogP contribution in [-0.2, 0) is 37.0 Å². The number of hydrogen-bond donors (Lipinski definition) is 1. The Hall–Kier alpha value is -3.88. The fourth-order valence-corrected chi connectivity index (χ4v) is 3.19. The first-order chi connectivity index (χ1) is 16.1. The van der Waals surface area contributed by atoms with E-state index in [1.807, 2.05) is 39.0 Å². The molecule has 1 aliphatic rings. The minimum Gasteiger partial charge on any atom is -0.488 e. The molecule has 1 heterocycles. The van der Waals surface area contributed by atoms with Crippen molar-refractivity contribution in [2.75, 3.05) is 0 Å². The zero-order valence-corrected chi connectivity index (χ0v) is 19.4. The predicted molar refractivity (Wildman–Crippen MR) is 121 cm³/mol. The molecule has 0 bridgehead atoms. The van der Waals surface area contributed by atoms with Crippen molar-refractivity contribution >= 4 is 23.9 Å². The first-order valence-electron chi connectivity index (χ1n) is 10.9. The Labute approximate surface area is 197 Å². The molecule has 0 saturated carbocycles. The average molecular weight is 469 g/mol. The van der Waals surface area contributed by atoms with E-state index < -0.39 is 29.9 Å². The monoisotopic (exact) mass is 468 g/mol. The molecular weight excluding hydrogens is 440 g/mol. The maximum absolute atomic E-state index is 12.8. The van der Waals surface area contributed by atoms with Gasteiger partial charge in [-0.25, -0.2) is 9.59 Å². The van der Waals surface area contributed by atoms with Gasteiger partial charge in [-0.1, -0.05) is 42.5 Å². The van der Waals surface area contributed by atoms with Crippen LogP contribution >= 0.6 is 0 Å². The molecule has 1 saturated heterocycles. The molecule has 0 aliphatic carbocycles. The Balaban J connectivity index is 1.68. The van der Waals surface area contributed by atoms with Crippen molar-refractivity contribution in [3.8, 4) is 5.75 Å². The van der Waals surface area contributed by atoms with Crippen LogP contribution in [0, 0.1) is 0 Å². The second-order valence-electron chi connectivity index (χ2n) is 8.81. The van der Waals surface area contributed by atoms with E-state index in [0.717, 1.165) is 5.56 Å². The van der Waals surface area contributed by atoms with Gasteiger partial charge in [0.05, 0.1) is 0 Å². The van der Waals surface area contributed by atoms with Gasteiger partial charge in [0.25, 0.3) is 11.8 Å². The summed E-state index contributed by atoms with van der Waals surface area (Å²) in [5.74, 6) is -1.51. The van der Waals surface area contributed by atoms with E-state index >= 15 is 0 Å². The highest BCUT2D eigenvalue weighted by molar-refractivity contribution is 6.01. The fraction of sp³-hybridized carbons (Fsp3) is 0.360. The van der Waals surface area contributed by atoms with Gasteiger partial charge in [0, 0.05) is 19.3 Å². The lowest BCUT2D eigenvalue weighted by Crippen LogP contribution is -2.46. The standard InChI is InChI=1S/C25H28N2O7/c1-25(2,3)33-19-11-9-17(10-12-19)15-20(23(30)34-27-21(28)13-14-22(27)29)26-24(31)32-16-18-7-5-4-6-8-18/h4-12,20H,13-16H2,1-3H3,(H,26,31). The van der Waals surface area contributed by atoms with Gasteiger partial charge < -0.3 is 19.6 Å². The highest BCUT2D eigenvalue weighted by Crippen LogP contribution is 2.20. The van der Waals surface area contributed by atoms with Crippen LogP contribution in [0.5, 0.6) is 5.75 Å². The molecule has 1 aliphatic heterocycles. The Kier molecular flexibility index (Phi) is 7.88. The lowest BCUT2D eigenvalue weighted by atomic mass is 10.1. The molecule has 3 rings (SSSR count). The number of rotatable bonds is 8. The van der Waals surface area contributed by atoms with E-state index in [0.29, 0.717) is 16.4 Å². The number of nitrogens with zero attached hydrogens (tertiary/aromatic N) is 1. The highest BCUT2D eigenvalue weighted by atomic mass is 16.7. The molecule has 9 nitrogen and oxygen atoms in total. The topological polar surface area (TPSA) is 111 Å². The Morgan fingerprint density at radius 3 is 2.15 bits per heavy atom. The molecule has 1 unspecified atom stereocenters. The molecule has 1 fully saturated rings. The van der Waals surface area contributed by atoms with Crippen molar-refractivity contribution in [1.29, 1.82) is 0 Å². The summed E-state index contributed by atoms with van der Waals surface area (Å²) in [6, 6.07) is 14.9. The van der Waals surface area contributed by atoms with Crippen LogP contribution in [0.15, 0.2) is 54.6 Å². The summed E-state index contributed by atoms with van der Waals surface area (Å²) in [5, 5.41) is 2.93. The maximum Gasteiger partial charge on any atom is 0.408 e. The number of imide groups is 1. The molecule has 0 aromatic heterocycles.